The Labute approximate surface area is 112 Å². The minimum Gasteiger partial charge on any atom is -0.508 e. The molecule has 88 valence electrons. The Morgan fingerprint density at radius 3 is 2.88 bits per heavy atom. The molecule has 0 atom stereocenters. The van der Waals surface area contributed by atoms with Gasteiger partial charge in [0.2, 0.25) is 5.88 Å². The monoisotopic (exact) mass is 313 g/mol. The number of pyridine rings is 1. The Kier molecular flexibility index (Phi) is 3.54. The van der Waals surface area contributed by atoms with Crippen LogP contribution in [0.25, 0.3) is 0 Å². The molecule has 0 aliphatic rings. The number of phenols is 1. The average Bonchev–Trinajstić information content (AvgIpc) is 2.28. The molecule has 0 amide bonds. The molecule has 1 heterocycles. The molecule has 0 radical (unpaired) electrons. The molecule has 2 rings (SSSR count). The zero-order valence-corrected chi connectivity index (χ0v) is 11.3. The SMILES string of the molecule is Cc1c(O)cccc1Oc1ncc(Br)cc1Cl. The number of halogens is 2. The number of ether oxygens (including phenoxy) is 1. The number of benzene rings is 1. The van der Waals surface area contributed by atoms with Crippen molar-refractivity contribution in [2.75, 3.05) is 0 Å². The van der Waals surface area contributed by atoms with Gasteiger partial charge in [0, 0.05) is 16.2 Å². The summed E-state index contributed by atoms with van der Waals surface area (Å²) in [5.74, 6) is 1.01. The van der Waals surface area contributed by atoms with E-state index in [-0.39, 0.29) is 5.75 Å². The van der Waals surface area contributed by atoms with Crippen LogP contribution in [-0.4, -0.2) is 10.1 Å². The van der Waals surface area contributed by atoms with Gasteiger partial charge in [-0.3, -0.25) is 0 Å². The van der Waals surface area contributed by atoms with Crippen LogP contribution in [0.15, 0.2) is 34.9 Å². The summed E-state index contributed by atoms with van der Waals surface area (Å²) in [6, 6.07) is 6.74. The lowest BCUT2D eigenvalue weighted by Crippen LogP contribution is -1.91. The van der Waals surface area contributed by atoms with Gasteiger partial charge in [-0.1, -0.05) is 17.7 Å². The fourth-order valence-corrected chi connectivity index (χ4v) is 1.96. The normalized spacial score (nSPS) is 10.3. The van der Waals surface area contributed by atoms with E-state index in [0.29, 0.717) is 22.2 Å². The van der Waals surface area contributed by atoms with E-state index in [9.17, 15) is 5.11 Å². The van der Waals surface area contributed by atoms with E-state index in [1.165, 1.54) is 0 Å². The van der Waals surface area contributed by atoms with Gasteiger partial charge in [-0.15, -0.1) is 0 Å². The second-order valence-corrected chi connectivity index (χ2v) is 4.77. The highest BCUT2D eigenvalue weighted by Gasteiger charge is 2.09. The van der Waals surface area contributed by atoms with Crippen LogP contribution < -0.4 is 4.74 Å². The van der Waals surface area contributed by atoms with Crippen molar-refractivity contribution >= 4 is 27.5 Å². The van der Waals surface area contributed by atoms with Crippen LogP contribution >= 0.6 is 27.5 Å². The van der Waals surface area contributed by atoms with E-state index in [4.69, 9.17) is 16.3 Å². The Morgan fingerprint density at radius 2 is 2.18 bits per heavy atom. The molecule has 3 nitrogen and oxygen atoms in total. The first-order chi connectivity index (χ1) is 8.08. The molecule has 1 N–H and O–H groups in total. The molecule has 0 saturated carbocycles. The molecule has 5 heteroatoms. The first-order valence-corrected chi connectivity index (χ1v) is 6.02. The molecular formula is C12H9BrClNO2. The maximum absolute atomic E-state index is 9.55. The summed E-state index contributed by atoms with van der Waals surface area (Å²) < 4.78 is 6.33. The van der Waals surface area contributed by atoms with Gasteiger partial charge >= 0.3 is 0 Å². The highest BCUT2D eigenvalue weighted by molar-refractivity contribution is 9.10. The molecule has 17 heavy (non-hydrogen) atoms. The lowest BCUT2D eigenvalue weighted by atomic mass is 10.2. The third-order valence-corrected chi connectivity index (χ3v) is 2.94. The molecule has 0 aliphatic heterocycles. The van der Waals surface area contributed by atoms with Gasteiger partial charge in [-0.05, 0) is 41.1 Å². The first-order valence-electron chi connectivity index (χ1n) is 4.85. The third kappa shape index (κ3) is 2.70. The highest BCUT2D eigenvalue weighted by atomic mass is 79.9. The van der Waals surface area contributed by atoms with E-state index in [1.807, 2.05) is 0 Å². The van der Waals surface area contributed by atoms with Crippen molar-refractivity contribution < 1.29 is 9.84 Å². The number of aromatic hydroxyl groups is 1. The minimum absolute atomic E-state index is 0.177. The Hall–Kier alpha value is -1.26. The van der Waals surface area contributed by atoms with Gasteiger partial charge < -0.3 is 9.84 Å². The van der Waals surface area contributed by atoms with Crippen molar-refractivity contribution in [3.63, 3.8) is 0 Å². The van der Waals surface area contributed by atoms with Gasteiger partial charge in [0.05, 0.1) is 0 Å². The maximum atomic E-state index is 9.55. The first kappa shape index (κ1) is 12.2. The summed E-state index contributed by atoms with van der Waals surface area (Å²) in [5.41, 5.74) is 0.647. The average molecular weight is 315 g/mol. The Morgan fingerprint density at radius 1 is 1.41 bits per heavy atom. The van der Waals surface area contributed by atoms with Crippen LogP contribution in [-0.2, 0) is 0 Å². The van der Waals surface area contributed by atoms with Crippen molar-refractivity contribution in [2.24, 2.45) is 0 Å². The number of hydrogen-bond acceptors (Lipinski definition) is 3. The van der Waals surface area contributed by atoms with Crippen molar-refractivity contribution in [2.45, 2.75) is 6.92 Å². The van der Waals surface area contributed by atoms with Gasteiger partial charge in [0.1, 0.15) is 16.5 Å². The van der Waals surface area contributed by atoms with E-state index >= 15 is 0 Å². The predicted molar refractivity (Wildman–Crippen MR) is 69.9 cm³/mol. The molecule has 2 aromatic rings. The molecule has 0 saturated heterocycles. The zero-order valence-electron chi connectivity index (χ0n) is 8.95. The fraction of sp³-hybridized carbons (Fsp3) is 0.0833. The summed E-state index contributed by atoms with van der Waals surface area (Å²) in [5, 5.41) is 9.96. The summed E-state index contributed by atoms with van der Waals surface area (Å²) >= 11 is 9.26. The predicted octanol–water partition coefficient (Wildman–Crippen LogP) is 4.30. The van der Waals surface area contributed by atoms with Gasteiger partial charge in [0.15, 0.2) is 0 Å². The number of phenolic OH excluding ortho intramolecular Hbond substituents is 1. The smallest absolute Gasteiger partial charge is 0.238 e. The molecule has 1 aromatic carbocycles. The van der Waals surface area contributed by atoms with Crippen molar-refractivity contribution in [3.05, 3.63) is 45.5 Å². The fourth-order valence-electron chi connectivity index (χ4n) is 1.29. The highest BCUT2D eigenvalue weighted by Crippen LogP contribution is 2.33. The van der Waals surface area contributed by atoms with Crippen LogP contribution in [0.4, 0.5) is 0 Å². The Balaban J connectivity index is 2.35. The summed E-state index contributed by atoms with van der Waals surface area (Å²) in [6.07, 6.45) is 1.60. The lowest BCUT2D eigenvalue weighted by Gasteiger charge is -2.09. The molecule has 0 aliphatic carbocycles. The standard InChI is InChI=1S/C12H9BrClNO2/c1-7-10(16)3-2-4-11(7)17-12-9(14)5-8(13)6-15-12/h2-6,16H,1H3. The quantitative estimate of drug-likeness (QED) is 0.898. The number of hydrogen-bond donors (Lipinski definition) is 1. The number of aromatic nitrogens is 1. The van der Waals surface area contributed by atoms with Crippen LogP contribution in [0.5, 0.6) is 17.4 Å². The largest absolute Gasteiger partial charge is 0.508 e. The van der Waals surface area contributed by atoms with Crippen molar-refractivity contribution in [1.82, 2.24) is 4.98 Å². The van der Waals surface area contributed by atoms with E-state index in [2.05, 4.69) is 20.9 Å². The van der Waals surface area contributed by atoms with E-state index in [0.717, 1.165) is 4.47 Å². The zero-order chi connectivity index (χ0) is 12.4. The van der Waals surface area contributed by atoms with Gasteiger partial charge in [-0.25, -0.2) is 4.98 Å². The van der Waals surface area contributed by atoms with Gasteiger partial charge in [-0.2, -0.15) is 0 Å². The van der Waals surface area contributed by atoms with Crippen LogP contribution in [0, 0.1) is 6.92 Å². The second-order valence-electron chi connectivity index (χ2n) is 3.44. The maximum Gasteiger partial charge on any atom is 0.238 e. The molecule has 1 aromatic heterocycles. The van der Waals surface area contributed by atoms with Crippen molar-refractivity contribution in [3.8, 4) is 17.4 Å². The minimum atomic E-state index is 0.177. The molecule has 0 spiro atoms. The Bertz CT molecular complexity index is 560. The third-order valence-electron chi connectivity index (χ3n) is 2.24. The topological polar surface area (TPSA) is 42.4 Å². The van der Waals surface area contributed by atoms with Crippen LogP contribution in [0.1, 0.15) is 5.56 Å². The van der Waals surface area contributed by atoms with Crippen LogP contribution in [0.3, 0.4) is 0 Å². The van der Waals surface area contributed by atoms with E-state index in [1.54, 1.807) is 37.4 Å². The van der Waals surface area contributed by atoms with E-state index < -0.39 is 0 Å². The van der Waals surface area contributed by atoms with Gasteiger partial charge in [0.25, 0.3) is 0 Å². The van der Waals surface area contributed by atoms with Crippen LogP contribution in [0.2, 0.25) is 5.02 Å². The summed E-state index contributed by atoms with van der Waals surface area (Å²) in [4.78, 5) is 4.06. The molecular weight excluding hydrogens is 305 g/mol. The molecule has 0 bridgehead atoms. The second kappa shape index (κ2) is 4.94. The molecule has 0 fully saturated rings. The number of nitrogens with zero attached hydrogens (tertiary/aromatic N) is 1. The molecule has 0 unspecified atom stereocenters. The lowest BCUT2D eigenvalue weighted by molar-refractivity contribution is 0.439. The van der Waals surface area contributed by atoms with Crippen molar-refractivity contribution in [1.29, 1.82) is 0 Å². The summed E-state index contributed by atoms with van der Waals surface area (Å²) in [7, 11) is 0. The summed E-state index contributed by atoms with van der Waals surface area (Å²) in [6.45, 7) is 1.76. The number of rotatable bonds is 2.